The first kappa shape index (κ1) is 19.8. The summed E-state index contributed by atoms with van der Waals surface area (Å²) in [6.45, 7) is 4.57. The minimum Gasteiger partial charge on any atom is -0.379 e. The van der Waals surface area contributed by atoms with Gasteiger partial charge < -0.3 is 10.1 Å². The molecule has 1 aliphatic rings. The van der Waals surface area contributed by atoms with E-state index in [1.54, 1.807) is 18.5 Å². The molecule has 25 heavy (non-hydrogen) atoms. The third-order valence-electron chi connectivity index (χ3n) is 4.04. The fourth-order valence-electron chi connectivity index (χ4n) is 2.54. The maximum atomic E-state index is 12.0. The zero-order valence-corrected chi connectivity index (χ0v) is 15.4. The van der Waals surface area contributed by atoms with E-state index in [9.17, 15) is 13.2 Å². The highest BCUT2D eigenvalue weighted by molar-refractivity contribution is 7.88. The zero-order valence-electron chi connectivity index (χ0n) is 14.6. The van der Waals surface area contributed by atoms with Crippen LogP contribution in [0.3, 0.4) is 0 Å². The van der Waals surface area contributed by atoms with Gasteiger partial charge in [0.1, 0.15) is 0 Å². The van der Waals surface area contributed by atoms with Gasteiger partial charge in [-0.25, -0.2) is 12.7 Å². The Labute approximate surface area is 149 Å². The van der Waals surface area contributed by atoms with Crippen LogP contribution in [0.25, 0.3) is 0 Å². The van der Waals surface area contributed by atoms with Crippen molar-refractivity contribution in [3.63, 3.8) is 0 Å². The van der Waals surface area contributed by atoms with Crippen LogP contribution >= 0.6 is 0 Å². The summed E-state index contributed by atoms with van der Waals surface area (Å²) >= 11 is 0. The molecule has 1 amide bonds. The highest BCUT2D eigenvalue weighted by Crippen LogP contribution is 2.03. The largest absolute Gasteiger partial charge is 0.379 e. The molecule has 2 heterocycles. The number of ether oxygens (including phenoxy) is 1. The Morgan fingerprint density at radius 1 is 1.36 bits per heavy atom. The molecule has 9 heteroatoms. The second kappa shape index (κ2) is 9.81. The van der Waals surface area contributed by atoms with E-state index in [1.807, 2.05) is 6.07 Å². The van der Waals surface area contributed by atoms with E-state index in [4.69, 9.17) is 4.74 Å². The van der Waals surface area contributed by atoms with Crippen LogP contribution in [0.5, 0.6) is 0 Å². The van der Waals surface area contributed by atoms with Crippen LogP contribution < -0.4 is 5.32 Å². The number of hydrogen-bond donors (Lipinski definition) is 1. The van der Waals surface area contributed by atoms with Crippen LogP contribution in [0.2, 0.25) is 0 Å². The Bertz CT molecular complexity index is 633. The van der Waals surface area contributed by atoms with Gasteiger partial charge in [0.05, 0.1) is 19.5 Å². The number of pyridine rings is 1. The lowest BCUT2D eigenvalue weighted by atomic mass is 10.3. The number of sulfonamides is 1. The van der Waals surface area contributed by atoms with Gasteiger partial charge in [0.25, 0.3) is 0 Å². The SMILES string of the molecule is CS(=O)(=O)N(CCC(=O)NCc1cccnc1)CCN1CCOCC1. The Morgan fingerprint density at radius 2 is 2.12 bits per heavy atom. The van der Waals surface area contributed by atoms with Gasteiger partial charge >= 0.3 is 0 Å². The van der Waals surface area contributed by atoms with E-state index in [2.05, 4.69) is 15.2 Å². The van der Waals surface area contributed by atoms with Crippen molar-refractivity contribution < 1.29 is 17.9 Å². The van der Waals surface area contributed by atoms with Gasteiger partial charge in [-0.15, -0.1) is 0 Å². The van der Waals surface area contributed by atoms with Gasteiger partial charge in [-0.05, 0) is 11.6 Å². The third kappa shape index (κ3) is 7.47. The fourth-order valence-corrected chi connectivity index (χ4v) is 3.38. The first-order chi connectivity index (χ1) is 11.9. The zero-order chi connectivity index (χ0) is 18.1. The van der Waals surface area contributed by atoms with Crippen LogP contribution in [0.4, 0.5) is 0 Å². The van der Waals surface area contributed by atoms with Crippen molar-refractivity contribution in [2.24, 2.45) is 0 Å². The first-order valence-corrected chi connectivity index (χ1v) is 10.2. The smallest absolute Gasteiger partial charge is 0.221 e. The summed E-state index contributed by atoms with van der Waals surface area (Å²) in [5.74, 6) is -0.177. The van der Waals surface area contributed by atoms with Crippen LogP contribution in [0.15, 0.2) is 24.5 Å². The Morgan fingerprint density at radius 3 is 2.76 bits per heavy atom. The standard InChI is InChI=1S/C16H26N4O4S/c1-25(22,23)20(8-7-19-9-11-24-12-10-19)6-4-16(21)18-14-15-3-2-5-17-13-15/h2-3,5,13H,4,6-12,14H2,1H3,(H,18,21). The Balaban J connectivity index is 1.75. The molecular formula is C16H26N4O4S. The van der Waals surface area contributed by atoms with Gasteiger partial charge in [-0.1, -0.05) is 6.07 Å². The molecule has 1 aromatic heterocycles. The van der Waals surface area contributed by atoms with Gasteiger partial charge in [-0.3, -0.25) is 14.7 Å². The molecular weight excluding hydrogens is 344 g/mol. The van der Waals surface area contributed by atoms with E-state index < -0.39 is 10.0 Å². The molecule has 1 aliphatic heterocycles. The monoisotopic (exact) mass is 370 g/mol. The molecule has 1 N–H and O–H groups in total. The molecule has 0 spiro atoms. The van der Waals surface area contributed by atoms with Gasteiger partial charge in [0.15, 0.2) is 0 Å². The summed E-state index contributed by atoms with van der Waals surface area (Å²) < 4.78 is 30.5. The quantitative estimate of drug-likeness (QED) is 0.641. The fraction of sp³-hybridized carbons (Fsp3) is 0.625. The van der Waals surface area contributed by atoms with Crippen LogP contribution in [-0.2, 0) is 26.1 Å². The first-order valence-electron chi connectivity index (χ1n) is 8.36. The van der Waals surface area contributed by atoms with Gasteiger partial charge in [0, 0.05) is 58.1 Å². The maximum absolute atomic E-state index is 12.0. The minimum atomic E-state index is -3.34. The van der Waals surface area contributed by atoms with Crippen molar-refractivity contribution in [1.82, 2.24) is 19.5 Å². The number of nitrogens with one attached hydrogen (secondary N) is 1. The second-order valence-corrected chi connectivity index (χ2v) is 7.99. The van der Waals surface area contributed by atoms with Crippen molar-refractivity contribution in [3.05, 3.63) is 30.1 Å². The summed E-state index contributed by atoms with van der Waals surface area (Å²) in [6.07, 6.45) is 4.67. The minimum absolute atomic E-state index is 0.135. The molecule has 1 fully saturated rings. The molecule has 0 unspecified atom stereocenters. The number of rotatable bonds is 9. The van der Waals surface area contributed by atoms with Crippen LogP contribution in [0, 0.1) is 0 Å². The van der Waals surface area contributed by atoms with E-state index in [0.717, 1.165) is 18.7 Å². The van der Waals surface area contributed by atoms with Gasteiger partial charge in [0.2, 0.25) is 15.9 Å². The number of carbonyl (C=O) groups excluding carboxylic acids is 1. The van der Waals surface area contributed by atoms with Crippen molar-refractivity contribution in [1.29, 1.82) is 0 Å². The molecule has 0 aromatic carbocycles. The number of aromatic nitrogens is 1. The molecule has 140 valence electrons. The highest BCUT2D eigenvalue weighted by Gasteiger charge is 2.19. The number of amides is 1. The maximum Gasteiger partial charge on any atom is 0.221 e. The number of morpholine rings is 1. The van der Waals surface area contributed by atoms with E-state index in [1.165, 1.54) is 10.6 Å². The third-order valence-corrected chi connectivity index (χ3v) is 5.34. The molecule has 1 saturated heterocycles. The molecule has 0 bridgehead atoms. The molecule has 0 atom stereocenters. The van der Waals surface area contributed by atoms with E-state index in [0.29, 0.717) is 32.8 Å². The molecule has 1 aromatic rings. The van der Waals surface area contributed by atoms with E-state index >= 15 is 0 Å². The summed E-state index contributed by atoms with van der Waals surface area (Å²) in [7, 11) is -3.34. The molecule has 0 radical (unpaired) electrons. The predicted octanol–water partition coefficient (Wildman–Crippen LogP) is -0.318. The average molecular weight is 370 g/mol. The molecule has 0 saturated carbocycles. The lowest BCUT2D eigenvalue weighted by Crippen LogP contribution is -2.43. The second-order valence-electron chi connectivity index (χ2n) is 6.00. The topological polar surface area (TPSA) is 91.8 Å². The lowest BCUT2D eigenvalue weighted by molar-refractivity contribution is -0.121. The molecule has 0 aliphatic carbocycles. The Hall–Kier alpha value is -1.55. The van der Waals surface area contributed by atoms with Crippen LogP contribution in [0.1, 0.15) is 12.0 Å². The summed E-state index contributed by atoms with van der Waals surface area (Å²) in [5.41, 5.74) is 0.906. The van der Waals surface area contributed by atoms with Crippen molar-refractivity contribution in [3.8, 4) is 0 Å². The number of hydrogen-bond acceptors (Lipinski definition) is 6. The van der Waals surface area contributed by atoms with Crippen molar-refractivity contribution in [2.45, 2.75) is 13.0 Å². The lowest BCUT2D eigenvalue weighted by Gasteiger charge is -2.29. The summed E-state index contributed by atoms with van der Waals surface area (Å²) in [5, 5.41) is 2.78. The average Bonchev–Trinajstić information content (AvgIpc) is 2.60. The predicted molar refractivity (Wildman–Crippen MR) is 94.4 cm³/mol. The van der Waals surface area contributed by atoms with Crippen LogP contribution in [-0.4, -0.2) is 80.7 Å². The summed E-state index contributed by atoms with van der Waals surface area (Å²) in [4.78, 5) is 18.1. The highest BCUT2D eigenvalue weighted by atomic mass is 32.2. The van der Waals surface area contributed by atoms with Gasteiger partial charge in [-0.2, -0.15) is 0 Å². The molecule has 8 nitrogen and oxygen atoms in total. The van der Waals surface area contributed by atoms with Crippen molar-refractivity contribution in [2.75, 3.05) is 52.2 Å². The Kier molecular flexibility index (Phi) is 7.76. The normalized spacial score (nSPS) is 16.1. The number of carbonyl (C=O) groups is 1. The summed E-state index contributed by atoms with van der Waals surface area (Å²) in [6, 6.07) is 3.68. The van der Waals surface area contributed by atoms with Crippen molar-refractivity contribution >= 4 is 15.9 Å². The number of nitrogens with zero attached hydrogens (tertiary/aromatic N) is 3. The van der Waals surface area contributed by atoms with E-state index in [-0.39, 0.29) is 18.9 Å². The molecule has 2 rings (SSSR count).